The van der Waals surface area contributed by atoms with E-state index in [1.54, 1.807) is 32.0 Å². The van der Waals surface area contributed by atoms with Gasteiger partial charge >= 0.3 is 5.97 Å². The van der Waals surface area contributed by atoms with E-state index < -0.39 is 11.9 Å². The maximum atomic E-state index is 15.2. The van der Waals surface area contributed by atoms with Crippen molar-refractivity contribution in [3.8, 4) is 22.8 Å². The number of halogens is 1. The van der Waals surface area contributed by atoms with Gasteiger partial charge < -0.3 is 14.2 Å². The van der Waals surface area contributed by atoms with Gasteiger partial charge in [0.25, 0.3) is 0 Å². The number of benzene rings is 2. The van der Waals surface area contributed by atoms with Crippen LogP contribution in [0.15, 0.2) is 60.7 Å². The van der Waals surface area contributed by atoms with E-state index in [0.717, 1.165) is 5.56 Å². The molecule has 0 saturated heterocycles. The molecule has 4 rings (SSSR count). The van der Waals surface area contributed by atoms with E-state index in [1.807, 2.05) is 42.5 Å². The summed E-state index contributed by atoms with van der Waals surface area (Å²) < 4.78 is 32.0. The Morgan fingerprint density at radius 1 is 1.00 bits per heavy atom. The van der Waals surface area contributed by atoms with Crippen molar-refractivity contribution in [3.63, 3.8) is 0 Å². The quantitative estimate of drug-likeness (QED) is 0.275. The minimum atomic E-state index is -0.745. The zero-order valence-electron chi connectivity index (χ0n) is 18.6. The largest absolute Gasteiger partial charge is 0.491 e. The molecular formula is C26H23FN2O4. The van der Waals surface area contributed by atoms with Crippen LogP contribution in [0.5, 0.6) is 11.5 Å². The normalized spacial score (nSPS) is 10.8. The fourth-order valence-electron chi connectivity index (χ4n) is 3.61. The Morgan fingerprint density at radius 3 is 2.45 bits per heavy atom. The molecule has 0 amide bonds. The van der Waals surface area contributed by atoms with Crippen molar-refractivity contribution < 1.29 is 23.4 Å². The summed E-state index contributed by atoms with van der Waals surface area (Å²) in [5.74, 6) is -0.999. The number of methoxy groups -OCH3 is 1. The van der Waals surface area contributed by atoms with E-state index in [2.05, 4.69) is 9.97 Å². The SMILES string of the molecule is CCOC(=O)c1c(-c2cc3ccccc3nc2F)nc(C)c(OC)c1OCc1ccccc1. The molecule has 0 fully saturated rings. The van der Waals surface area contributed by atoms with E-state index in [9.17, 15) is 4.79 Å². The number of aryl methyl sites for hydroxylation is 1. The van der Waals surface area contributed by atoms with E-state index in [1.165, 1.54) is 7.11 Å². The number of para-hydroxylation sites is 1. The highest BCUT2D eigenvalue weighted by atomic mass is 19.1. The highest BCUT2D eigenvalue weighted by Gasteiger charge is 2.29. The monoisotopic (exact) mass is 446 g/mol. The Morgan fingerprint density at radius 2 is 1.73 bits per heavy atom. The molecule has 0 bridgehead atoms. The molecule has 168 valence electrons. The average molecular weight is 446 g/mol. The number of fused-ring (bicyclic) bond motifs is 1. The summed E-state index contributed by atoms with van der Waals surface area (Å²) in [6.07, 6.45) is 0. The Balaban J connectivity index is 1.94. The Bertz CT molecular complexity index is 1310. The van der Waals surface area contributed by atoms with Gasteiger partial charge in [-0.2, -0.15) is 4.39 Å². The van der Waals surface area contributed by atoms with Crippen molar-refractivity contribution in [2.24, 2.45) is 0 Å². The van der Waals surface area contributed by atoms with Gasteiger partial charge in [0, 0.05) is 5.39 Å². The van der Waals surface area contributed by atoms with Crippen LogP contribution in [-0.4, -0.2) is 29.7 Å². The maximum absolute atomic E-state index is 15.2. The molecule has 0 aliphatic heterocycles. The summed E-state index contributed by atoms with van der Waals surface area (Å²) in [5.41, 5.74) is 1.99. The Hall–Kier alpha value is -4.00. The number of aromatic nitrogens is 2. The van der Waals surface area contributed by atoms with Crippen LogP contribution >= 0.6 is 0 Å². The van der Waals surface area contributed by atoms with Gasteiger partial charge in [-0.3, -0.25) is 0 Å². The smallest absolute Gasteiger partial charge is 0.344 e. The van der Waals surface area contributed by atoms with Gasteiger partial charge in [-0.15, -0.1) is 0 Å². The van der Waals surface area contributed by atoms with Crippen LogP contribution in [0.1, 0.15) is 28.5 Å². The molecule has 0 aliphatic carbocycles. The molecule has 2 aromatic carbocycles. The molecule has 33 heavy (non-hydrogen) atoms. The van der Waals surface area contributed by atoms with Crippen LogP contribution in [-0.2, 0) is 11.3 Å². The third-order valence-corrected chi connectivity index (χ3v) is 5.12. The summed E-state index contributed by atoms with van der Waals surface area (Å²) in [6.45, 7) is 3.70. The number of ether oxygens (including phenoxy) is 3. The molecule has 2 aromatic heterocycles. The lowest BCUT2D eigenvalue weighted by Gasteiger charge is -2.19. The molecule has 0 N–H and O–H groups in total. The number of pyridine rings is 2. The van der Waals surface area contributed by atoms with E-state index in [-0.39, 0.29) is 41.5 Å². The van der Waals surface area contributed by atoms with Gasteiger partial charge in [0.05, 0.1) is 36.2 Å². The van der Waals surface area contributed by atoms with Gasteiger partial charge in [0.15, 0.2) is 11.5 Å². The topological polar surface area (TPSA) is 70.5 Å². The van der Waals surface area contributed by atoms with Gasteiger partial charge in [-0.1, -0.05) is 48.5 Å². The second-order valence-corrected chi connectivity index (χ2v) is 7.30. The molecule has 4 aromatic rings. The van der Waals surface area contributed by atoms with Crippen molar-refractivity contribution >= 4 is 16.9 Å². The van der Waals surface area contributed by atoms with Gasteiger partial charge in [0.2, 0.25) is 5.95 Å². The first-order chi connectivity index (χ1) is 16.0. The summed E-state index contributed by atoms with van der Waals surface area (Å²) >= 11 is 0. The third-order valence-electron chi connectivity index (χ3n) is 5.12. The Kier molecular flexibility index (Phi) is 6.49. The molecule has 7 heteroatoms. The first-order valence-electron chi connectivity index (χ1n) is 10.5. The number of hydrogen-bond donors (Lipinski definition) is 0. The standard InChI is InChI=1S/C26H23FN2O4/c1-4-32-26(30)21-22(19-14-18-12-8-9-13-20(18)29-25(19)27)28-16(2)23(31-3)24(21)33-15-17-10-6-5-7-11-17/h5-14H,4,15H2,1-3H3. The maximum Gasteiger partial charge on any atom is 0.344 e. The molecule has 6 nitrogen and oxygen atoms in total. The second-order valence-electron chi connectivity index (χ2n) is 7.30. The lowest BCUT2D eigenvalue weighted by molar-refractivity contribution is 0.0520. The van der Waals surface area contributed by atoms with Crippen LogP contribution in [0.2, 0.25) is 0 Å². The third kappa shape index (κ3) is 4.48. The van der Waals surface area contributed by atoms with E-state index in [4.69, 9.17) is 14.2 Å². The number of hydrogen-bond acceptors (Lipinski definition) is 6. The number of esters is 1. The van der Waals surface area contributed by atoms with Crippen LogP contribution < -0.4 is 9.47 Å². The lowest BCUT2D eigenvalue weighted by atomic mass is 10.0. The zero-order valence-corrected chi connectivity index (χ0v) is 18.6. The molecule has 0 spiro atoms. The number of carbonyl (C=O) groups is 1. The predicted molar refractivity (Wildman–Crippen MR) is 123 cm³/mol. The lowest BCUT2D eigenvalue weighted by Crippen LogP contribution is -2.14. The fourth-order valence-corrected chi connectivity index (χ4v) is 3.61. The molecule has 2 heterocycles. The van der Waals surface area contributed by atoms with Crippen molar-refractivity contribution in [2.45, 2.75) is 20.5 Å². The number of nitrogens with zero attached hydrogens (tertiary/aromatic N) is 2. The first-order valence-corrected chi connectivity index (χ1v) is 10.5. The summed E-state index contributed by atoms with van der Waals surface area (Å²) in [7, 11) is 1.46. The van der Waals surface area contributed by atoms with Crippen molar-refractivity contribution in [3.05, 3.63) is 83.4 Å². The van der Waals surface area contributed by atoms with Gasteiger partial charge in [-0.25, -0.2) is 14.8 Å². The summed E-state index contributed by atoms with van der Waals surface area (Å²) in [5, 5.41) is 0.714. The van der Waals surface area contributed by atoms with Gasteiger partial charge in [-0.05, 0) is 31.5 Å². The molecule has 0 aliphatic rings. The molecule has 0 unspecified atom stereocenters. The van der Waals surface area contributed by atoms with Crippen molar-refractivity contribution in [1.29, 1.82) is 0 Å². The molecular weight excluding hydrogens is 423 g/mol. The van der Waals surface area contributed by atoms with Crippen LogP contribution in [0.4, 0.5) is 4.39 Å². The second kappa shape index (κ2) is 9.65. The average Bonchev–Trinajstić information content (AvgIpc) is 2.82. The van der Waals surface area contributed by atoms with Gasteiger partial charge in [0.1, 0.15) is 12.2 Å². The zero-order chi connectivity index (χ0) is 23.4. The Labute approximate surface area is 191 Å². The predicted octanol–water partition coefficient (Wildman–Crippen LogP) is 5.51. The number of carbonyl (C=O) groups excluding carboxylic acids is 1. The molecule has 0 atom stereocenters. The minimum Gasteiger partial charge on any atom is -0.491 e. The number of rotatable bonds is 7. The van der Waals surface area contributed by atoms with Crippen molar-refractivity contribution in [2.75, 3.05) is 13.7 Å². The van der Waals surface area contributed by atoms with E-state index >= 15 is 4.39 Å². The molecule has 0 saturated carbocycles. The van der Waals surface area contributed by atoms with E-state index in [0.29, 0.717) is 16.6 Å². The van der Waals surface area contributed by atoms with Crippen LogP contribution in [0, 0.1) is 12.9 Å². The highest BCUT2D eigenvalue weighted by molar-refractivity contribution is 6.01. The summed E-state index contributed by atoms with van der Waals surface area (Å²) in [6, 6.07) is 18.3. The minimum absolute atomic E-state index is 0.00814. The molecule has 0 radical (unpaired) electrons. The highest BCUT2D eigenvalue weighted by Crippen LogP contribution is 2.41. The van der Waals surface area contributed by atoms with Crippen molar-refractivity contribution in [1.82, 2.24) is 9.97 Å². The summed E-state index contributed by atoms with van der Waals surface area (Å²) in [4.78, 5) is 21.7. The fraction of sp³-hybridized carbons (Fsp3) is 0.192. The first kappa shape index (κ1) is 22.2. The van der Waals surface area contributed by atoms with Crippen LogP contribution in [0.25, 0.3) is 22.2 Å². The van der Waals surface area contributed by atoms with Crippen LogP contribution in [0.3, 0.4) is 0 Å².